The Hall–Kier alpha value is -2.13. The predicted octanol–water partition coefficient (Wildman–Crippen LogP) is 3.70. The number of imide groups is 1. The maximum absolute atomic E-state index is 12.8. The van der Waals surface area contributed by atoms with Gasteiger partial charge >= 0.3 is 6.03 Å². The van der Waals surface area contributed by atoms with Gasteiger partial charge in [-0.25, -0.2) is 9.78 Å². The van der Waals surface area contributed by atoms with Crippen LogP contribution in [0.4, 0.5) is 4.79 Å². The van der Waals surface area contributed by atoms with Gasteiger partial charge in [-0.05, 0) is 31.2 Å². The van der Waals surface area contributed by atoms with Crippen LogP contribution in [-0.4, -0.2) is 33.3 Å². The van der Waals surface area contributed by atoms with Gasteiger partial charge in [0.2, 0.25) is 5.91 Å². The lowest BCUT2D eigenvalue weighted by Gasteiger charge is -2.29. The van der Waals surface area contributed by atoms with Crippen LogP contribution in [0.15, 0.2) is 28.7 Å². The highest BCUT2D eigenvalue weighted by atomic mass is 32.2. The summed E-state index contributed by atoms with van der Waals surface area (Å²) in [4.78, 5) is 43.7. The van der Waals surface area contributed by atoms with Crippen molar-refractivity contribution in [3.8, 4) is 0 Å². The van der Waals surface area contributed by atoms with Crippen molar-refractivity contribution >= 4 is 45.3 Å². The Morgan fingerprint density at radius 3 is 2.87 bits per heavy atom. The monoisotopic (exact) mass is 448 g/mol. The van der Waals surface area contributed by atoms with Crippen LogP contribution in [-0.2, 0) is 17.8 Å². The molecule has 7 nitrogen and oxygen atoms in total. The van der Waals surface area contributed by atoms with Gasteiger partial charge in [0.15, 0.2) is 5.16 Å². The molecular weight excluding hydrogens is 420 g/mol. The highest BCUT2D eigenvalue weighted by Crippen LogP contribution is 2.25. The largest absolute Gasteiger partial charge is 0.335 e. The average molecular weight is 449 g/mol. The van der Waals surface area contributed by atoms with Crippen LogP contribution in [0.2, 0.25) is 0 Å². The van der Waals surface area contributed by atoms with Gasteiger partial charge in [-0.1, -0.05) is 44.5 Å². The third-order valence-corrected chi connectivity index (χ3v) is 7.49. The molecule has 1 aliphatic rings. The van der Waals surface area contributed by atoms with Crippen molar-refractivity contribution in [1.82, 2.24) is 20.2 Å². The summed E-state index contributed by atoms with van der Waals surface area (Å²) >= 11 is 2.64. The molecule has 0 saturated heterocycles. The Bertz CT molecular complexity index is 998. The van der Waals surface area contributed by atoms with Crippen molar-refractivity contribution in [3.05, 3.63) is 34.0 Å². The van der Waals surface area contributed by atoms with E-state index in [2.05, 4.69) is 29.1 Å². The lowest BCUT2D eigenvalue weighted by atomic mass is 9.86. The molecule has 0 aliphatic heterocycles. The maximum atomic E-state index is 12.8. The van der Waals surface area contributed by atoms with Crippen LogP contribution < -0.4 is 16.2 Å². The lowest BCUT2D eigenvalue weighted by Crippen LogP contribution is -2.48. The second-order valence-corrected chi connectivity index (χ2v) is 9.62. The first kappa shape index (κ1) is 22.6. The fourth-order valence-corrected chi connectivity index (χ4v) is 5.47. The number of urea groups is 1. The summed E-state index contributed by atoms with van der Waals surface area (Å²) in [6.07, 6.45) is 6.77. The molecule has 1 fully saturated rings. The van der Waals surface area contributed by atoms with E-state index in [0.717, 1.165) is 42.3 Å². The van der Waals surface area contributed by atoms with Gasteiger partial charge in [0, 0.05) is 17.5 Å². The molecule has 0 bridgehead atoms. The van der Waals surface area contributed by atoms with Crippen LogP contribution in [0.25, 0.3) is 10.2 Å². The van der Waals surface area contributed by atoms with Crippen molar-refractivity contribution in [2.24, 2.45) is 5.92 Å². The number of hydrogen-bond donors (Lipinski definition) is 2. The van der Waals surface area contributed by atoms with Crippen LogP contribution in [0, 0.1) is 5.92 Å². The van der Waals surface area contributed by atoms with E-state index in [1.165, 1.54) is 22.3 Å². The number of hydrogen-bond acceptors (Lipinski definition) is 6. The maximum Gasteiger partial charge on any atom is 0.321 e. The van der Waals surface area contributed by atoms with Gasteiger partial charge in [0.25, 0.3) is 5.56 Å². The number of carbonyl (C=O) groups excluding carboxylic acids is 2. The van der Waals surface area contributed by atoms with Gasteiger partial charge in [-0.15, -0.1) is 17.9 Å². The summed E-state index contributed by atoms with van der Waals surface area (Å²) in [7, 11) is 0. The van der Waals surface area contributed by atoms with E-state index in [1.807, 2.05) is 13.0 Å². The molecule has 0 spiro atoms. The molecule has 3 amide bonds. The number of aryl methyl sites for hydroxylation is 1. The zero-order chi connectivity index (χ0) is 21.7. The SMILES string of the molecule is C=CCn1c(SCC(=O)NC(=O)N[C@H]2CCCC[C@H]2C)nc2sc(CC)cc2c1=O. The molecule has 30 heavy (non-hydrogen) atoms. The number of rotatable bonds is 7. The number of allylic oxidation sites excluding steroid dienone is 1. The quantitative estimate of drug-likeness (QED) is 0.383. The van der Waals surface area contributed by atoms with Crippen molar-refractivity contribution in [2.75, 3.05) is 5.75 Å². The first-order valence-electron chi connectivity index (χ1n) is 10.3. The molecule has 2 aromatic heterocycles. The third kappa shape index (κ3) is 5.31. The molecular formula is C21H28N4O3S2. The summed E-state index contributed by atoms with van der Waals surface area (Å²) in [5, 5.41) is 6.34. The molecule has 162 valence electrons. The molecule has 1 aliphatic carbocycles. The van der Waals surface area contributed by atoms with Gasteiger partial charge in [-0.3, -0.25) is 19.5 Å². The second-order valence-electron chi connectivity index (χ2n) is 7.56. The Kier molecular flexibility index (Phi) is 7.71. The van der Waals surface area contributed by atoms with Crippen LogP contribution >= 0.6 is 23.1 Å². The van der Waals surface area contributed by atoms with Gasteiger partial charge in [0.05, 0.1) is 11.1 Å². The number of fused-ring (bicyclic) bond motifs is 1. The number of amides is 3. The normalized spacial score (nSPS) is 18.9. The van der Waals surface area contributed by atoms with Crippen molar-refractivity contribution < 1.29 is 9.59 Å². The standard InChI is InChI=1S/C21H28N4O3S2/c1-4-10-25-19(27)15-11-14(5-2)30-18(15)24-21(25)29-12-17(26)23-20(28)22-16-9-7-6-8-13(16)3/h4,11,13,16H,1,5-10,12H2,2-3H3,(H2,22,23,26,28)/t13-,16+/m1/s1. The minimum absolute atomic E-state index is 0.00522. The number of nitrogens with zero attached hydrogens (tertiary/aromatic N) is 2. The lowest BCUT2D eigenvalue weighted by molar-refractivity contribution is -0.117. The smallest absolute Gasteiger partial charge is 0.321 e. The van der Waals surface area contributed by atoms with E-state index in [1.54, 1.807) is 6.08 Å². The molecule has 0 aromatic carbocycles. The summed E-state index contributed by atoms with van der Waals surface area (Å²) in [6.45, 7) is 8.17. The summed E-state index contributed by atoms with van der Waals surface area (Å²) in [6, 6.07) is 1.52. The van der Waals surface area contributed by atoms with E-state index < -0.39 is 11.9 Å². The number of nitrogens with one attached hydrogen (secondary N) is 2. The molecule has 2 aromatic rings. The average Bonchev–Trinajstić information content (AvgIpc) is 3.14. The van der Waals surface area contributed by atoms with Crippen molar-refractivity contribution in [2.45, 2.75) is 63.7 Å². The summed E-state index contributed by atoms with van der Waals surface area (Å²) < 4.78 is 1.52. The zero-order valence-corrected chi connectivity index (χ0v) is 19.0. The Labute approximate surface area is 184 Å². The molecule has 0 radical (unpaired) electrons. The fourth-order valence-electron chi connectivity index (χ4n) is 3.65. The molecule has 9 heteroatoms. The van der Waals surface area contributed by atoms with E-state index in [0.29, 0.717) is 27.8 Å². The van der Waals surface area contributed by atoms with Crippen LogP contribution in [0.3, 0.4) is 0 Å². The Balaban J connectivity index is 1.66. The molecule has 0 unspecified atom stereocenters. The van der Waals surface area contributed by atoms with Crippen LogP contribution in [0.1, 0.15) is 44.4 Å². The number of aromatic nitrogens is 2. The van der Waals surface area contributed by atoms with Gasteiger partial charge in [-0.2, -0.15) is 0 Å². The summed E-state index contributed by atoms with van der Waals surface area (Å²) in [5.41, 5.74) is -0.136. The third-order valence-electron chi connectivity index (χ3n) is 5.34. The van der Waals surface area contributed by atoms with E-state index >= 15 is 0 Å². The Morgan fingerprint density at radius 1 is 1.40 bits per heavy atom. The summed E-state index contributed by atoms with van der Waals surface area (Å²) in [5.74, 6) is -0.00713. The molecule has 2 atom stereocenters. The molecule has 2 N–H and O–H groups in total. The van der Waals surface area contributed by atoms with Gasteiger partial charge in [0.1, 0.15) is 4.83 Å². The molecule has 2 heterocycles. The molecule has 1 saturated carbocycles. The Morgan fingerprint density at radius 2 is 2.17 bits per heavy atom. The highest BCUT2D eigenvalue weighted by Gasteiger charge is 2.23. The topological polar surface area (TPSA) is 93.1 Å². The van der Waals surface area contributed by atoms with E-state index in [4.69, 9.17) is 0 Å². The number of thioether (sulfide) groups is 1. The highest BCUT2D eigenvalue weighted by molar-refractivity contribution is 7.99. The van der Waals surface area contributed by atoms with E-state index in [9.17, 15) is 14.4 Å². The minimum Gasteiger partial charge on any atom is -0.335 e. The second kappa shape index (κ2) is 10.3. The van der Waals surface area contributed by atoms with Crippen molar-refractivity contribution in [3.63, 3.8) is 0 Å². The van der Waals surface area contributed by atoms with Crippen LogP contribution in [0.5, 0.6) is 0 Å². The number of thiophene rings is 1. The van der Waals surface area contributed by atoms with Gasteiger partial charge < -0.3 is 5.32 Å². The first-order chi connectivity index (χ1) is 14.4. The zero-order valence-electron chi connectivity index (χ0n) is 17.4. The first-order valence-corrected chi connectivity index (χ1v) is 12.1. The minimum atomic E-state index is -0.461. The number of carbonyl (C=O) groups is 2. The van der Waals surface area contributed by atoms with Crippen molar-refractivity contribution in [1.29, 1.82) is 0 Å². The molecule has 3 rings (SSSR count). The van der Waals surface area contributed by atoms with E-state index in [-0.39, 0.29) is 17.4 Å². The fraction of sp³-hybridized carbons (Fsp3) is 0.524. The predicted molar refractivity (Wildman–Crippen MR) is 122 cm³/mol.